The largest absolute Gasteiger partial charge is 0.481 e. The highest BCUT2D eigenvalue weighted by molar-refractivity contribution is 5.66. The van der Waals surface area contributed by atoms with Crippen LogP contribution in [0.5, 0.6) is 0 Å². The van der Waals surface area contributed by atoms with Crippen LogP contribution >= 0.6 is 0 Å². The zero-order valence-corrected chi connectivity index (χ0v) is 19.0. The van der Waals surface area contributed by atoms with Gasteiger partial charge in [-0.3, -0.25) is 4.79 Å². The molecule has 0 aliphatic carbocycles. The number of hydrogen-bond donors (Lipinski definition) is 5. The molecular weight excluding hydrogens is 368 g/mol. The van der Waals surface area contributed by atoms with Crippen LogP contribution in [-0.2, 0) is 4.79 Å². The van der Waals surface area contributed by atoms with Crippen LogP contribution in [0.4, 0.5) is 0 Å². The van der Waals surface area contributed by atoms with E-state index in [1.165, 1.54) is 83.5 Å². The molecule has 0 bridgehead atoms. The van der Waals surface area contributed by atoms with Gasteiger partial charge in [0, 0.05) is 13.0 Å². The molecule has 0 atom stereocenters. The smallest absolute Gasteiger partial charge is 0.303 e. The molecule has 0 aliphatic rings. The molecule has 0 aliphatic heterocycles. The molecule has 176 valence electrons. The van der Waals surface area contributed by atoms with Crippen LogP contribution < -0.4 is 11.1 Å². The van der Waals surface area contributed by atoms with Crippen LogP contribution in [0.25, 0.3) is 0 Å². The molecule has 0 radical (unpaired) electrons. The van der Waals surface area contributed by atoms with E-state index in [2.05, 4.69) is 12.2 Å². The van der Waals surface area contributed by atoms with Crippen LogP contribution in [-0.4, -0.2) is 47.2 Å². The van der Waals surface area contributed by atoms with E-state index in [-0.39, 0.29) is 6.54 Å². The number of aliphatic hydroxyl groups excluding tert-OH is 1. The van der Waals surface area contributed by atoms with Crippen molar-refractivity contribution in [3.8, 4) is 0 Å². The first-order valence-electron chi connectivity index (χ1n) is 12.0. The average Bonchev–Trinajstić information content (AvgIpc) is 2.68. The van der Waals surface area contributed by atoms with E-state index in [1.807, 2.05) is 0 Å². The second-order valence-electron chi connectivity index (χ2n) is 7.92. The second-order valence-corrected chi connectivity index (χ2v) is 7.92. The van der Waals surface area contributed by atoms with Crippen LogP contribution in [0, 0.1) is 0 Å². The van der Waals surface area contributed by atoms with Crippen molar-refractivity contribution in [2.75, 3.05) is 19.6 Å². The van der Waals surface area contributed by atoms with E-state index < -0.39 is 12.3 Å². The molecule has 29 heavy (non-hydrogen) atoms. The van der Waals surface area contributed by atoms with Gasteiger partial charge in [-0.2, -0.15) is 0 Å². The van der Waals surface area contributed by atoms with Gasteiger partial charge < -0.3 is 26.4 Å². The number of rotatable bonds is 21. The Morgan fingerprint density at radius 2 is 1.17 bits per heavy atom. The van der Waals surface area contributed by atoms with Crippen molar-refractivity contribution < 1.29 is 20.1 Å². The Bertz CT molecular complexity index is 315. The summed E-state index contributed by atoms with van der Waals surface area (Å²) in [6, 6.07) is 0. The highest BCUT2D eigenvalue weighted by atomic mass is 16.5. The highest BCUT2D eigenvalue weighted by Crippen LogP contribution is 2.13. The Labute approximate surface area is 179 Å². The molecule has 0 aromatic rings. The molecular formula is C23H50N2O4. The minimum Gasteiger partial charge on any atom is -0.481 e. The molecule has 0 unspecified atom stereocenters. The lowest BCUT2D eigenvalue weighted by Gasteiger charge is -2.03. The van der Waals surface area contributed by atoms with Crippen molar-refractivity contribution in [2.45, 2.75) is 122 Å². The summed E-state index contributed by atoms with van der Waals surface area (Å²) in [5, 5.41) is 28.0. The second kappa shape index (κ2) is 27.3. The summed E-state index contributed by atoms with van der Waals surface area (Å²) in [5.74, 6) is -0.653. The van der Waals surface area contributed by atoms with Crippen molar-refractivity contribution in [3.05, 3.63) is 0 Å². The third kappa shape index (κ3) is 35.1. The third-order valence-corrected chi connectivity index (χ3v) is 4.88. The summed E-state index contributed by atoms with van der Waals surface area (Å²) >= 11 is 0. The Morgan fingerprint density at radius 1 is 0.759 bits per heavy atom. The van der Waals surface area contributed by atoms with Crippen LogP contribution in [0.2, 0.25) is 0 Å². The van der Waals surface area contributed by atoms with Crippen molar-refractivity contribution in [1.29, 1.82) is 0 Å². The number of unbranched alkanes of at least 4 members (excludes halogenated alkanes) is 14. The van der Waals surface area contributed by atoms with Crippen molar-refractivity contribution in [2.24, 2.45) is 5.73 Å². The molecule has 0 aromatic carbocycles. The fourth-order valence-electron chi connectivity index (χ4n) is 3.11. The van der Waals surface area contributed by atoms with Gasteiger partial charge in [-0.15, -0.1) is 0 Å². The highest BCUT2D eigenvalue weighted by Gasteiger charge is 1.97. The topological polar surface area (TPSA) is 116 Å². The number of carboxylic acid groups (broad SMARTS) is 1. The van der Waals surface area contributed by atoms with Crippen LogP contribution in [0.1, 0.15) is 116 Å². The number of aliphatic carboxylic acids is 1. The van der Waals surface area contributed by atoms with Gasteiger partial charge in [0.15, 0.2) is 6.29 Å². The quantitative estimate of drug-likeness (QED) is 0.138. The van der Waals surface area contributed by atoms with Crippen molar-refractivity contribution in [1.82, 2.24) is 5.32 Å². The van der Waals surface area contributed by atoms with E-state index in [9.17, 15) is 4.79 Å². The van der Waals surface area contributed by atoms with Gasteiger partial charge in [-0.25, -0.2) is 0 Å². The number of carbonyl (C=O) groups is 1. The molecule has 6 heteroatoms. The monoisotopic (exact) mass is 418 g/mol. The maximum Gasteiger partial charge on any atom is 0.303 e. The van der Waals surface area contributed by atoms with Gasteiger partial charge >= 0.3 is 5.97 Å². The minimum atomic E-state index is -1.25. The molecule has 0 amide bonds. The molecule has 0 spiro atoms. The lowest BCUT2D eigenvalue weighted by atomic mass is 10.0. The van der Waals surface area contributed by atoms with Gasteiger partial charge in [-0.1, -0.05) is 96.8 Å². The Kier molecular flexibility index (Phi) is 28.7. The molecule has 0 aromatic heterocycles. The predicted octanol–water partition coefficient (Wildman–Crippen LogP) is 4.57. The summed E-state index contributed by atoms with van der Waals surface area (Å²) in [5.41, 5.74) is 5.18. The fourth-order valence-corrected chi connectivity index (χ4v) is 3.11. The minimum absolute atomic E-state index is 0.222. The molecule has 0 fully saturated rings. The van der Waals surface area contributed by atoms with Gasteiger partial charge in [0.1, 0.15) is 0 Å². The zero-order valence-electron chi connectivity index (χ0n) is 19.0. The van der Waals surface area contributed by atoms with E-state index in [0.29, 0.717) is 13.0 Å². The SMILES string of the molecule is CCCCCCCCCCCCCCCCCC(=O)O.NCCCNCC(O)O. The number of nitrogens with two attached hydrogens (primary N) is 1. The third-order valence-electron chi connectivity index (χ3n) is 4.88. The Morgan fingerprint density at radius 3 is 1.52 bits per heavy atom. The maximum atomic E-state index is 10.3. The van der Waals surface area contributed by atoms with Crippen LogP contribution in [0.15, 0.2) is 0 Å². The normalized spacial score (nSPS) is 10.8. The first kappa shape index (κ1) is 30.5. The summed E-state index contributed by atoms with van der Waals surface area (Å²) in [6.07, 6.45) is 19.8. The van der Waals surface area contributed by atoms with Gasteiger partial charge in [0.05, 0.1) is 0 Å². The lowest BCUT2D eigenvalue weighted by Crippen LogP contribution is -2.28. The van der Waals surface area contributed by atoms with E-state index in [1.54, 1.807) is 0 Å². The first-order chi connectivity index (χ1) is 14.0. The molecule has 0 saturated carbocycles. The average molecular weight is 419 g/mol. The van der Waals surface area contributed by atoms with E-state index >= 15 is 0 Å². The molecule has 0 rings (SSSR count). The van der Waals surface area contributed by atoms with E-state index in [4.69, 9.17) is 21.1 Å². The number of carboxylic acids is 1. The fraction of sp³-hybridized carbons (Fsp3) is 0.957. The molecule has 0 saturated heterocycles. The predicted molar refractivity (Wildman–Crippen MR) is 122 cm³/mol. The van der Waals surface area contributed by atoms with Gasteiger partial charge in [0.2, 0.25) is 0 Å². The summed E-state index contributed by atoms with van der Waals surface area (Å²) in [7, 11) is 0. The lowest BCUT2D eigenvalue weighted by molar-refractivity contribution is -0.137. The van der Waals surface area contributed by atoms with Gasteiger partial charge in [0.25, 0.3) is 0 Å². The summed E-state index contributed by atoms with van der Waals surface area (Å²) < 4.78 is 0. The zero-order chi connectivity index (χ0) is 22.0. The molecule has 0 heterocycles. The number of hydrogen-bond acceptors (Lipinski definition) is 5. The van der Waals surface area contributed by atoms with Crippen molar-refractivity contribution >= 4 is 5.97 Å². The van der Waals surface area contributed by atoms with Gasteiger partial charge in [-0.05, 0) is 25.9 Å². The van der Waals surface area contributed by atoms with E-state index in [0.717, 1.165) is 25.8 Å². The maximum absolute atomic E-state index is 10.3. The summed E-state index contributed by atoms with van der Waals surface area (Å²) in [4.78, 5) is 10.3. The number of aliphatic hydroxyl groups is 2. The molecule has 6 N–H and O–H groups in total. The standard InChI is InChI=1S/C18H36O2.C5H14N2O2/c1-2-3-4-5-6-7-8-9-10-11-12-13-14-15-16-17-18(19)20;6-2-1-3-7-4-5(8)9/h2-17H2,1H3,(H,19,20);5,7-9H,1-4,6H2. The first-order valence-corrected chi connectivity index (χ1v) is 12.0. The van der Waals surface area contributed by atoms with Crippen molar-refractivity contribution in [3.63, 3.8) is 0 Å². The summed E-state index contributed by atoms with van der Waals surface area (Å²) in [6.45, 7) is 3.87. The molecule has 6 nitrogen and oxygen atoms in total. The van der Waals surface area contributed by atoms with Crippen LogP contribution in [0.3, 0.4) is 0 Å². The number of nitrogens with one attached hydrogen (secondary N) is 1. The Hall–Kier alpha value is -0.690. The Balaban J connectivity index is 0.